The van der Waals surface area contributed by atoms with Crippen molar-refractivity contribution >= 4 is 5.91 Å². The fourth-order valence-electron chi connectivity index (χ4n) is 3.40. The molecular formula is C14H21N3O. The maximum Gasteiger partial charge on any atom is 0.274 e. The zero-order valence-electron chi connectivity index (χ0n) is 11.2. The van der Waals surface area contributed by atoms with Gasteiger partial charge in [0, 0.05) is 25.8 Å². The molecule has 2 atom stereocenters. The van der Waals surface area contributed by atoms with Gasteiger partial charge >= 0.3 is 0 Å². The molecule has 1 aromatic heterocycles. The van der Waals surface area contributed by atoms with Crippen LogP contribution in [0.25, 0.3) is 0 Å². The molecule has 2 aliphatic rings. The van der Waals surface area contributed by atoms with Gasteiger partial charge in [0.2, 0.25) is 0 Å². The number of rotatable bonds is 1. The van der Waals surface area contributed by atoms with E-state index < -0.39 is 0 Å². The van der Waals surface area contributed by atoms with Gasteiger partial charge in [-0.25, -0.2) is 0 Å². The minimum Gasteiger partial charge on any atom is -0.337 e. The molecule has 4 heteroatoms. The number of carbonyl (C=O) groups excluding carboxylic acids is 1. The van der Waals surface area contributed by atoms with E-state index in [2.05, 4.69) is 5.10 Å². The molecular weight excluding hydrogens is 226 g/mol. The molecule has 0 spiro atoms. The third kappa shape index (κ3) is 1.93. The molecule has 0 aromatic carbocycles. The van der Waals surface area contributed by atoms with E-state index in [1.807, 2.05) is 24.9 Å². The number of fused-ring (bicyclic) bond motifs is 1. The summed E-state index contributed by atoms with van der Waals surface area (Å²) < 4.78 is 1.77. The van der Waals surface area contributed by atoms with Crippen LogP contribution in [0.1, 0.15) is 41.9 Å². The van der Waals surface area contributed by atoms with E-state index in [0.717, 1.165) is 30.6 Å². The SMILES string of the molecule is Cc1cc(C(=O)N2CC3CCCCC3C2)nn1C. The Morgan fingerprint density at radius 3 is 2.39 bits per heavy atom. The Labute approximate surface area is 108 Å². The number of aromatic nitrogens is 2. The fraction of sp³-hybridized carbons (Fsp3) is 0.714. The number of nitrogens with zero attached hydrogens (tertiary/aromatic N) is 3. The molecule has 1 saturated heterocycles. The monoisotopic (exact) mass is 247 g/mol. The molecule has 98 valence electrons. The van der Waals surface area contributed by atoms with Gasteiger partial charge < -0.3 is 4.90 Å². The predicted octanol–water partition coefficient (Wildman–Crippen LogP) is 1.99. The summed E-state index contributed by atoms with van der Waals surface area (Å²) in [5.74, 6) is 1.60. The Bertz CT molecular complexity index is 432. The lowest BCUT2D eigenvalue weighted by Crippen LogP contribution is -2.29. The molecule has 4 nitrogen and oxygen atoms in total. The minimum atomic E-state index is 0.119. The van der Waals surface area contributed by atoms with Crippen molar-refractivity contribution in [2.45, 2.75) is 32.6 Å². The van der Waals surface area contributed by atoms with Crippen molar-refractivity contribution < 1.29 is 4.79 Å². The molecule has 1 aromatic rings. The van der Waals surface area contributed by atoms with E-state index >= 15 is 0 Å². The first-order valence-corrected chi connectivity index (χ1v) is 6.95. The summed E-state index contributed by atoms with van der Waals surface area (Å²) in [6.45, 7) is 3.87. The van der Waals surface area contributed by atoms with Crippen LogP contribution in [-0.4, -0.2) is 33.7 Å². The first-order chi connectivity index (χ1) is 8.65. The summed E-state index contributed by atoms with van der Waals surface area (Å²) in [4.78, 5) is 14.4. The first kappa shape index (κ1) is 11.8. The van der Waals surface area contributed by atoms with Crippen molar-refractivity contribution in [1.82, 2.24) is 14.7 Å². The molecule has 0 N–H and O–H groups in total. The van der Waals surface area contributed by atoms with Gasteiger partial charge in [-0.1, -0.05) is 12.8 Å². The number of carbonyl (C=O) groups is 1. The Hall–Kier alpha value is -1.32. The van der Waals surface area contributed by atoms with Gasteiger partial charge in [0.1, 0.15) is 0 Å². The summed E-state index contributed by atoms with van der Waals surface area (Å²) in [5, 5.41) is 4.30. The number of aryl methyl sites for hydroxylation is 2. The summed E-state index contributed by atoms with van der Waals surface area (Å²) in [7, 11) is 1.88. The Morgan fingerprint density at radius 1 is 1.28 bits per heavy atom. The van der Waals surface area contributed by atoms with Gasteiger partial charge in [0.05, 0.1) is 0 Å². The van der Waals surface area contributed by atoms with Crippen molar-refractivity contribution in [2.75, 3.05) is 13.1 Å². The maximum atomic E-state index is 12.4. The molecule has 0 radical (unpaired) electrons. The third-order valence-electron chi connectivity index (χ3n) is 4.60. The van der Waals surface area contributed by atoms with E-state index in [4.69, 9.17) is 0 Å². The van der Waals surface area contributed by atoms with Crippen LogP contribution in [-0.2, 0) is 7.05 Å². The zero-order valence-corrected chi connectivity index (χ0v) is 11.2. The van der Waals surface area contributed by atoms with Crippen LogP contribution in [0.2, 0.25) is 0 Å². The maximum absolute atomic E-state index is 12.4. The van der Waals surface area contributed by atoms with Crippen molar-refractivity contribution in [3.63, 3.8) is 0 Å². The molecule has 2 fully saturated rings. The van der Waals surface area contributed by atoms with Crippen LogP contribution in [0.5, 0.6) is 0 Å². The highest BCUT2D eigenvalue weighted by Crippen LogP contribution is 2.36. The average molecular weight is 247 g/mol. The molecule has 18 heavy (non-hydrogen) atoms. The van der Waals surface area contributed by atoms with Crippen molar-refractivity contribution in [1.29, 1.82) is 0 Å². The number of likely N-dealkylation sites (tertiary alicyclic amines) is 1. The lowest BCUT2D eigenvalue weighted by Gasteiger charge is -2.22. The van der Waals surface area contributed by atoms with Crippen LogP contribution in [0.3, 0.4) is 0 Å². The van der Waals surface area contributed by atoms with Crippen LogP contribution in [0, 0.1) is 18.8 Å². The second kappa shape index (κ2) is 4.41. The molecule has 1 saturated carbocycles. The quantitative estimate of drug-likeness (QED) is 0.761. The Morgan fingerprint density at radius 2 is 1.89 bits per heavy atom. The highest BCUT2D eigenvalue weighted by atomic mass is 16.2. The fourth-order valence-corrected chi connectivity index (χ4v) is 3.40. The molecule has 1 aliphatic heterocycles. The number of hydrogen-bond acceptors (Lipinski definition) is 2. The standard InChI is InChI=1S/C14H21N3O/c1-10-7-13(15-16(10)2)14(18)17-8-11-5-3-4-6-12(11)9-17/h7,11-12H,3-6,8-9H2,1-2H3. The highest BCUT2D eigenvalue weighted by Gasteiger charge is 2.37. The Kier molecular flexibility index (Phi) is 2.88. The molecule has 3 rings (SSSR count). The topological polar surface area (TPSA) is 38.1 Å². The number of hydrogen-bond donors (Lipinski definition) is 0. The van der Waals surface area contributed by atoms with Crippen molar-refractivity contribution in [3.05, 3.63) is 17.5 Å². The molecule has 2 unspecified atom stereocenters. The predicted molar refractivity (Wildman–Crippen MR) is 69.3 cm³/mol. The molecule has 2 heterocycles. The Balaban J connectivity index is 1.74. The van der Waals surface area contributed by atoms with Gasteiger partial charge in [-0.15, -0.1) is 0 Å². The lowest BCUT2D eigenvalue weighted by molar-refractivity contribution is 0.0777. The van der Waals surface area contributed by atoms with Gasteiger partial charge in [0.25, 0.3) is 5.91 Å². The summed E-state index contributed by atoms with van der Waals surface area (Å²) >= 11 is 0. The van der Waals surface area contributed by atoms with Gasteiger partial charge in [-0.05, 0) is 37.7 Å². The summed E-state index contributed by atoms with van der Waals surface area (Å²) in [6, 6.07) is 1.89. The van der Waals surface area contributed by atoms with E-state index in [1.165, 1.54) is 25.7 Å². The van der Waals surface area contributed by atoms with Crippen LogP contribution in [0.15, 0.2) is 6.07 Å². The summed E-state index contributed by atoms with van der Waals surface area (Å²) in [5.41, 5.74) is 1.64. The van der Waals surface area contributed by atoms with Crippen molar-refractivity contribution in [3.8, 4) is 0 Å². The minimum absolute atomic E-state index is 0.119. The van der Waals surface area contributed by atoms with E-state index in [0.29, 0.717) is 5.69 Å². The molecule has 1 aliphatic carbocycles. The first-order valence-electron chi connectivity index (χ1n) is 6.95. The molecule has 0 bridgehead atoms. The lowest BCUT2D eigenvalue weighted by atomic mass is 9.82. The van der Waals surface area contributed by atoms with E-state index in [1.54, 1.807) is 4.68 Å². The second-order valence-electron chi connectivity index (χ2n) is 5.81. The van der Waals surface area contributed by atoms with Crippen LogP contribution >= 0.6 is 0 Å². The third-order valence-corrected chi connectivity index (χ3v) is 4.60. The molecule has 1 amide bonds. The van der Waals surface area contributed by atoms with E-state index in [9.17, 15) is 4.79 Å². The average Bonchev–Trinajstić information content (AvgIpc) is 2.93. The van der Waals surface area contributed by atoms with Crippen LogP contribution in [0.4, 0.5) is 0 Å². The number of amides is 1. The van der Waals surface area contributed by atoms with Gasteiger partial charge in [-0.2, -0.15) is 5.10 Å². The van der Waals surface area contributed by atoms with Gasteiger partial charge in [0.15, 0.2) is 5.69 Å². The summed E-state index contributed by atoms with van der Waals surface area (Å²) in [6.07, 6.45) is 5.28. The van der Waals surface area contributed by atoms with Gasteiger partial charge in [-0.3, -0.25) is 9.48 Å². The largest absolute Gasteiger partial charge is 0.337 e. The van der Waals surface area contributed by atoms with Crippen molar-refractivity contribution in [2.24, 2.45) is 18.9 Å². The highest BCUT2D eigenvalue weighted by molar-refractivity contribution is 5.92. The zero-order chi connectivity index (χ0) is 12.7. The van der Waals surface area contributed by atoms with E-state index in [-0.39, 0.29) is 5.91 Å². The normalized spacial score (nSPS) is 27.3. The second-order valence-corrected chi connectivity index (χ2v) is 5.81. The smallest absolute Gasteiger partial charge is 0.274 e. The van der Waals surface area contributed by atoms with Crippen LogP contribution < -0.4 is 0 Å².